The fourth-order valence-electron chi connectivity index (χ4n) is 2.51. The summed E-state index contributed by atoms with van der Waals surface area (Å²) in [6.07, 6.45) is 2.99. The van der Waals surface area contributed by atoms with E-state index in [0.29, 0.717) is 23.9 Å². The maximum absolute atomic E-state index is 11.7. The van der Waals surface area contributed by atoms with Crippen LogP contribution >= 0.6 is 0 Å². The smallest absolute Gasteiger partial charge is 0.191 e. The molecule has 0 spiro atoms. The largest absolute Gasteiger partial charge is 0.352 e. The summed E-state index contributed by atoms with van der Waals surface area (Å²) in [4.78, 5) is 8.91. The van der Waals surface area contributed by atoms with Crippen LogP contribution in [0.25, 0.3) is 0 Å². The molecule has 25 heavy (non-hydrogen) atoms. The topological polar surface area (TPSA) is 83.5 Å². The Morgan fingerprint density at radius 3 is 2.44 bits per heavy atom. The Kier molecular flexibility index (Phi) is 6.14. The quantitative estimate of drug-likeness (QED) is 0.629. The summed E-state index contributed by atoms with van der Waals surface area (Å²) in [5.74, 6) is 0.662. The number of pyridine rings is 1. The maximum Gasteiger partial charge on any atom is 0.191 e. The fraction of sp³-hybridized carbons (Fsp3) is 0.333. The highest BCUT2D eigenvalue weighted by molar-refractivity contribution is 7.90. The van der Waals surface area contributed by atoms with Gasteiger partial charge in [0.15, 0.2) is 15.8 Å². The molecule has 134 valence electrons. The molecule has 0 aliphatic carbocycles. The molecular formula is C18H24N4O2S. The lowest BCUT2D eigenvalue weighted by atomic mass is 10.1. The molecule has 6 nitrogen and oxygen atoms in total. The highest BCUT2D eigenvalue weighted by Gasteiger charge is 2.11. The van der Waals surface area contributed by atoms with Crippen LogP contribution in [0.4, 0.5) is 0 Å². The minimum Gasteiger partial charge on any atom is -0.352 e. The summed E-state index contributed by atoms with van der Waals surface area (Å²) in [5.41, 5.74) is 3.83. The molecule has 1 heterocycles. The summed E-state index contributed by atoms with van der Waals surface area (Å²) < 4.78 is 23.3. The SMILES string of the molecule is CN=C(NCc1ccc(S(C)(=O)=O)c(C)c1)NCc1ncccc1C. The summed E-state index contributed by atoms with van der Waals surface area (Å²) in [7, 11) is -1.49. The van der Waals surface area contributed by atoms with Crippen LogP contribution in [0.15, 0.2) is 46.4 Å². The molecular weight excluding hydrogens is 336 g/mol. The van der Waals surface area contributed by atoms with Crippen LogP contribution in [0.2, 0.25) is 0 Å². The molecule has 0 bridgehead atoms. The van der Waals surface area contributed by atoms with E-state index in [1.165, 1.54) is 6.26 Å². The highest BCUT2D eigenvalue weighted by atomic mass is 32.2. The van der Waals surface area contributed by atoms with Gasteiger partial charge in [0.05, 0.1) is 17.1 Å². The zero-order valence-electron chi connectivity index (χ0n) is 15.0. The van der Waals surface area contributed by atoms with Gasteiger partial charge in [-0.15, -0.1) is 0 Å². The van der Waals surface area contributed by atoms with Crippen molar-refractivity contribution in [1.29, 1.82) is 0 Å². The van der Waals surface area contributed by atoms with Crippen molar-refractivity contribution in [2.45, 2.75) is 31.8 Å². The molecule has 7 heteroatoms. The number of aromatic nitrogens is 1. The van der Waals surface area contributed by atoms with Gasteiger partial charge in [0.2, 0.25) is 0 Å². The van der Waals surface area contributed by atoms with Gasteiger partial charge in [0.25, 0.3) is 0 Å². The number of rotatable bonds is 5. The van der Waals surface area contributed by atoms with Crippen molar-refractivity contribution in [3.63, 3.8) is 0 Å². The molecule has 0 atom stereocenters. The number of sulfone groups is 1. The van der Waals surface area contributed by atoms with E-state index in [-0.39, 0.29) is 0 Å². The van der Waals surface area contributed by atoms with Crippen LogP contribution in [0.3, 0.4) is 0 Å². The number of nitrogens with zero attached hydrogens (tertiary/aromatic N) is 2. The summed E-state index contributed by atoms with van der Waals surface area (Å²) >= 11 is 0. The van der Waals surface area contributed by atoms with Crippen LogP contribution in [0, 0.1) is 13.8 Å². The number of nitrogens with one attached hydrogen (secondary N) is 2. The Balaban J connectivity index is 1.97. The van der Waals surface area contributed by atoms with Gasteiger partial charge in [0, 0.05) is 26.0 Å². The van der Waals surface area contributed by atoms with Gasteiger partial charge in [-0.25, -0.2) is 8.42 Å². The number of aliphatic imine (C=N–C) groups is 1. The Morgan fingerprint density at radius 1 is 1.12 bits per heavy atom. The number of hydrogen-bond donors (Lipinski definition) is 2. The predicted octanol–water partition coefficient (Wildman–Crippen LogP) is 1.97. The average Bonchev–Trinajstić information content (AvgIpc) is 2.55. The van der Waals surface area contributed by atoms with E-state index >= 15 is 0 Å². The van der Waals surface area contributed by atoms with E-state index in [4.69, 9.17) is 0 Å². The first-order valence-corrected chi connectivity index (χ1v) is 9.85. The first-order valence-electron chi connectivity index (χ1n) is 7.96. The molecule has 0 aliphatic rings. The third-order valence-electron chi connectivity index (χ3n) is 3.86. The second-order valence-corrected chi connectivity index (χ2v) is 7.90. The van der Waals surface area contributed by atoms with E-state index in [9.17, 15) is 8.42 Å². The van der Waals surface area contributed by atoms with Gasteiger partial charge in [-0.05, 0) is 42.7 Å². The van der Waals surface area contributed by atoms with E-state index in [0.717, 1.165) is 22.4 Å². The van der Waals surface area contributed by atoms with Crippen molar-refractivity contribution >= 4 is 15.8 Å². The summed E-state index contributed by atoms with van der Waals surface area (Å²) in [5, 5.41) is 6.45. The molecule has 0 fully saturated rings. The minimum atomic E-state index is -3.19. The van der Waals surface area contributed by atoms with Crippen LogP contribution in [-0.4, -0.2) is 32.7 Å². The average molecular weight is 360 g/mol. The van der Waals surface area contributed by atoms with Crippen LogP contribution in [-0.2, 0) is 22.9 Å². The van der Waals surface area contributed by atoms with Gasteiger partial charge < -0.3 is 10.6 Å². The van der Waals surface area contributed by atoms with Crippen LogP contribution < -0.4 is 10.6 Å². The third-order valence-corrected chi connectivity index (χ3v) is 5.12. The van der Waals surface area contributed by atoms with Gasteiger partial charge in [0.1, 0.15) is 0 Å². The predicted molar refractivity (Wildman–Crippen MR) is 100 cm³/mol. The van der Waals surface area contributed by atoms with E-state index in [1.54, 1.807) is 26.2 Å². The molecule has 0 aliphatic heterocycles. The van der Waals surface area contributed by atoms with Crippen LogP contribution in [0.5, 0.6) is 0 Å². The number of benzene rings is 1. The number of aryl methyl sites for hydroxylation is 2. The van der Waals surface area contributed by atoms with Crippen molar-refractivity contribution in [2.75, 3.05) is 13.3 Å². The molecule has 0 amide bonds. The van der Waals surface area contributed by atoms with Gasteiger partial charge in [-0.1, -0.05) is 18.2 Å². The molecule has 2 aromatic rings. The third kappa shape index (κ3) is 5.29. The zero-order valence-corrected chi connectivity index (χ0v) is 15.8. The summed E-state index contributed by atoms with van der Waals surface area (Å²) in [6.45, 7) is 4.95. The van der Waals surface area contributed by atoms with Gasteiger partial charge in [-0.2, -0.15) is 0 Å². The molecule has 0 unspecified atom stereocenters. The molecule has 1 aromatic carbocycles. The molecule has 2 N–H and O–H groups in total. The zero-order chi connectivity index (χ0) is 18.4. The van der Waals surface area contributed by atoms with Crippen molar-refractivity contribution in [3.05, 3.63) is 58.9 Å². The normalized spacial score (nSPS) is 12.1. The standard InChI is InChI=1S/C18H24N4O2S/c1-13-6-5-9-20-16(13)12-22-18(19-3)21-11-15-7-8-17(14(2)10-15)25(4,23)24/h5-10H,11-12H2,1-4H3,(H2,19,21,22). The Morgan fingerprint density at radius 2 is 1.84 bits per heavy atom. The van der Waals surface area contributed by atoms with Crippen molar-refractivity contribution in [3.8, 4) is 0 Å². The lowest BCUT2D eigenvalue weighted by molar-refractivity contribution is 0.601. The minimum absolute atomic E-state index is 0.365. The highest BCUT2D eigenvalue weighted by Crippen LogP contribution is 2.16. The Labute approximate surface area is 149 Å². The Bertz CT molecular complexity index is 876. The van der Waals surface area contributed by atoms with Gasteiger partial charge >= 0.3 is 0 Å². The van der Waals surface area contributed by atoms with E-state index < -0.39 is 9.84 Å². The van der Waals surface area contributed by atoms with Crippen molar-refractivity contribution < 1.29 is 8.42 Å². The summed E-state index contributed by atoms with van der Waals surface area (Å²) in [6, 6.07) is 9.27. The second kappa shape index (κ2) is 8.11. The first kappa shape index (κ1) is 18.9. The monoisotopic (exact) mass is 360 g/mol. The number of guanidine groups is 1. The molecule has 1 aromatic heterocycles. The lowest BCUT2D eigenvalue weighted by Crippen LogP contribution is -2.36. The van der Waals surface area contributed by atoms with Gasteiger partial charge in [-0.3, -0.25) is 9.98 Å². The fourth-order valence-corrected chi connectivity index (χ4v) is 3.47. The molecule has 0 saturated carbocycles. The van der Waals surface area contributed by atoms with Crippen molar-refractivity contribution in [2.24, 2.45) is 4.99 Å². The molecule has 0 radical (unpaired) electrons. The lowest BCUT2D eigenvalue weighted by Gasteiger charge is -2.13. The Hall–Kier alpha value is -2.41. The van der Waals surface area contributed by atoms with E-state index in [2.05, 4.69) is 20.6 Å². The molecule has 0 saturated heterocycles. The second-order valence-electron chi connectivity index (χ2n) is 5.92. The first-order chi connectivity index (χ1) is 11.8. The number of hydrogen-bond acceptors (Lipinski definition) is 4. The van der Waals surface area contributed by atoms with E-state index in [1.807, 2.05) is 31.2 Å². The molecule has 2 rings (SSSR count). The van der Waals surface area contributed by atoms with Crippen LogP contribution in [0.1, 0.15) is 22.4 Å². The van der Waals surface area contributed by atoms with Crippen molar-refractivity contribution in [1.82, 2.24) is 15.6 Å². The maximum atomic E-state index is 11.7.